The van der Waals surface area contributed by atoms with Crippen molar-refractivity contribution in [2.75, 3.05) is 20.0 Å². The minimum atomic E-state index is 0.405. The van der Waals surface area contributed by atoms with E-state index in [-0.39, 0.29) is 0 Å². The molecular formula is C11H13N3O2. The lowest BCUT2D eigenvalue weighted by atomic mass is 10.3. The van der Waals surface area contributed by atoms with Crippen LogP contribution in [0.4, 0.5) is 5.82 Å². The molecule has 1 heterocycles. The Balaban J connectivity index is 2.57. The van der Waals surface area contributed by atoms with Crippen LogP contribution in [0.5, 0.6) is 11.8 Å². The van der Waals surface area contributed by atoms with Crippen molar-refractivity contribution in [1.29, 1.82) is 0 Å². The molecule has 0 saturated heterocycles. The summed E-state index contributed by atoms with van der Waals surface area (Å²) in [6.45, 7) is 0. The molecule has 5 nitrogen and oxygen atoms in total. The highest BCUT2D eigenvalue weighted by atomic mass is 16.5. The molecule has 0 saturated carbocycles. The molecule has 0 aliphatic rings. The van der Waals surface area contributed by atoms with E-state index in [4.69, 9.17) is 15.2 Å². The summed E-state index contributed by atoms with van der Waals surface area (Å²) >= 11 is 0. The van der Waals surface area contributed by atoms with E-state index in [0.717, 1.165) is 11.4 Å². The second-order valence-electron chi connectivity index (χ2n) is 3.19. The third-order valence-corrected chi connectivity index (χ3v) is 2.22. The van der Waals surface area contributed by atoms with E-state index >= 15 is 0 Å². The van der Waals surface area contributed by atoms with Crippen LogP contribution in [0.25, 0.3) is 5.69 Å². The number of hydrogen-bond donors (Lipinski definition) is 1. The van der Waals surface area contributed by atoms with Gasteiger partial charge in [-0.15, -0.1) is 0 Å². The maximum Gasteiger partial charge on any atom is 0.302 e. The Bertz CT molecular complexity index is 494. The van der Waals surface area contributed by atoms with Crippen molar-refractivity contribution in [2.24, 2.45) is 0 Å². The number of hydrogen-bond acceptors (Lipinski definition) is 4. The fourth-order valence-corrected chi connectivity index (χ4v) is 1.53. The average Bonchev–Trinajstić information content (AvgIpc) is 2.70. The van der Waals surface area contributed by atoms with Crippen molar-refractivity contribution < 1.29 is 9.47 Å². The normalized spacial score (nSPS) is 10.1. The molecule has 0 spiro atoms. The van der Waals surface area contributed by atoms with E-state index in [0.29, 0.717) is 11.8 Å². The number of ether oxygens (including phenoxy) is 2. The number of nitrogen functional groups attached to an aromatic ring is 1. The van der Waals surface area contributed by atoms with Gasteiger partial charge in [0.05, 0.1) is 26.1 Å². The third-order valence-electron chi connectivity index (χ3n) is 2.22. The zero-order chi connectivity index (χ0) is 11.5. The van der Waals surface area contributed by atoms with Gasteiger partial charge in [0.15, 0.2) is 0 Å². The summed E-state index contributed by atoms with van der Waals surface area (Å²) in [4.78, 5) is 4.04. The van der Waals surface area contributed by atoms with Gasteiger partial charge in [0.2, 0.25) is 0 Å². The van der Waals surface area contributed by atoms with E-state index in [9.17, 15) is 0 Å². The highest BCUT2D eigenvalue weighted by Gasteiger charge is 2.11. The Labute approximate surface area is 93.4 Å². The SMILES string of the molecule is COc1ccccc1-n1cc(N)nc1OC. The van der Waals surface area contributed by atoms with Crippen molar-refractivity contribution in [3.8, 4) is 17.4 Å². The average molecular weight is 219 g/mol. The van der Waals surface area contributed by atoms with Gasteiger partial charge in [-0.25, -0.2) is 0 Å². The van der Waals surface area contributed by atoms with Gasteiger partial charge in [-0.3, -0.25) is 4.57 Å². The van der Waals surface area contributed by atoms with Crippen molar-refractivity contribution in [3.05, 3.63) is 30.5 Å². The number of aromatic nitrogens is 2. The number of rotatable bonds is 3. The van der Waals surface area contributed by atoms with Crippen LogP contribution in [0.3, 0.4) is 0 Å². The van der Waals surface area contributed by atoms with Crippen LogP contribution in [0.1, 0.15) is 0 Å². The molecule has 0 fully saturated rings. The summed E-state index contributed by atoms with van der Waals surface area (Å²) in [6, 6.07) is 8.01. The predicted octanol–water partition coefficient (Wildman–Crippen LogP) is 1.47. The zero-order valence-corrected chi connectivity index (χ0v) is 9.18. The van der Waals surface area contributed by atoms with E-state index in [2.05, 4.69) is 4.98 Å². The maximum absolute atomic E-state index is 5.63. The summed E-state index contributed by atoms with van der Waals surface area (Å²) < 4.78 is 12.1. The molecule has 0 aliphatic heterocycles. The molecule has 0 unspecified atom stereocenters. The number of para-hydroxylation sites is 2. The van der Waals surface area contributed by atoms with Gasteiger partial charge in [-0.2, -0.15) is 4.98 Å². The van der Waals surface area contributed by atoms with Crippen LogP contribution >= 0.6 is 0 Å². The predicted molar refractivity (Wildman–Crippen MR) is 61.1 cm³/mol. The van der Waals surface area contributed by atoms with Gasteiger partial charge in [0, 0.05) is 0 Å². The Kier molecular flexibility index (Phi) is 2.68. The third kappa shape index (κ3) is 1.67. The first kappa shape index (κ1) is 10.4. The number of imidazole rings is 1. The zero-order valence-electron chi connectivity index (χ0n) is 9.18. The monoisotopic (exact) mass is 219 g/mol. The minimum absolute atomic E-state index is 0.405. The molecule has 0 atom stereocenters. The molecule has 1 aromatic heterocycles. The fraction of sp³-hybridized carbons (Fsp3) is 0.182. The second-order valence-corrected chi connectivity index (χ2v) is 3.19. The molecule has 1 aromatic carbocycles. The molecule has 5 heteroatoms. The first-order valence-corrected chi connectivity index (χ1v) is 4.78. The lowest BCUT2D eigenvalue weighted by Gasteiger charge is -2.10. The quantitative estimate of drug-likeness (QED) is 0.849. The van der Waals surface area contributed by atoms with Gasteiger partial charge >= 0.3 is 6.01 Å². The van der Waals surface area contributed by atoms with E-state index in [1.165, 1.54) is 0 Å². The largest absolute Gasteiger partial charge is 0.495 e. The minimum Gasteiger partial charge on any atom is -0.495 e. The molecule has 2 rings (SSSR count). The lowest BCUT2D eigenvalue weighted by molar-refractivity contribution is 0.369. The molecule has 0 amide bonds. The first-order valence-electron chi connectivity index (χ1n) is 4.78. The van der Waals surface area contributed by atoms with E-state index in [1.54, 1.807) is 25.0 Å². The van der Waals surface area contributed by atoms with Crippen LogP contribution in [0.15, 0.2) is 30.5 Å². The van der Waals surface area contributed by atoms with Gasteiger partial charge in [-0.1, -0.05) is 12.1 Å². The summed E-state index contributed by atoms with van der Waals surface area (Å²) in [5, 5.41) is 0. The summed E-state index contributed by atoms with van der Waals surface area (Å²) in [5.41, 5.74) is 6.47. The van der Waals surface area contributed by atoms with Crippen LogP contribution in [-0.4, -0.2) is 23.8 Å². The van der Waals surface area contributed by atoms with Gasteiger partial charge in [0.1, 0.15) is 11.6 Å². The van der Waals surface area contributed by atoms with Gasteiger partial charge in [-0.05, 0) is 12.1 Å². The molecule has 0 bridgehead atoms. The molecule has 0 aliphatic carbocycles. The molecule has 2 N–H and O–H groups in total. The van der Waals surface area contributed by atoms with Gasteiger partial charge < -0.3 is 15.2 Å². The number of benzene rings is 1. The van der Waals surface area contributed by atoms with Gasteiger partial charge in [0.25, 0.3) is 0 Å². The standard InChI is InChI=1S/C11H13N3O2/c1-15-9-6-4-3-5-8(9)14-7-10(12)13-11(14)16-2/h3-7H,12H2,1-2H3. The number of nitrogens with zero attached hydrogens (tertiary/aromatic N) is 2. The molecule has 16 heavy (non-hydrogen) atoms. The van der Waals surface area contributed by atoms with Crippen LogP contribution in [0, 0.1) is 0 Å². The number of nitrogens with two attached hydrogens (primary N) is 1. The van der Waals surface area contributed by atoms with E-state index in [1.807, 2.05) is 24.3 Å². The summed E-state index contributed by atoms with van der Waals surface area (Å²) in [7, 11) is 3.17. The highest BCUT2D eigenvalue weighted by molar-refractivity contribution is 5.50. The lowest BCUT2D eigenvalue weighted by Crippen LogP contribution is -1.99. The number of methoxy groups -OCH3 is 2. The second kappa shape index (κ2) is 4.14. The Morgan fingerprint density at radius 1 is 1.19 bits per heavy atom. The molecule has 0 radical (unpaired) electrons. The first-order chi connectivity index (χ1) is 7.76. The fourth-order valence-electron chi connectivity index (χ4n) is 1.53. The van der Waals surface area contributed by atoms with Crippen LogP contribution in [0.2, 0.25) is 0 Å². The summed E-state index contributed by atoms with van der Waals surface area (Å²) in [6.07, 6.45) is 1.69. The molecule has 84 valence electrons. The molecular weight excluding hydrogens is 206 g/mol. The topological polar surface area (TPSA) is 62.3 Å². The van der Waals surface area contributed by atoms with Crippen molar-refractivity contribution in [2.45, 2.75) is 0 Å². The van der Waals surface area contributed by atoms with Crippen molar-refractivity contribution in [3.63, 3.8) is 0 Å². The molecule has 2 aromatic rings. The Morgan fingerprint density at radius 2 is 1.94 bits per heavy atom. The van der Waals surface area contributed by atoms with E-state index < -0.39 is 0 Å². The Morgan fingerprint density at radius 3 is 2.62 bits per heavy atom. The van der Waals surface area contributed by atoms with Crippen LogP contribution in [-0.2, 0) is 0 Å². The highest BCUT2D eigenvalue weighted by Crippen LogP contribution is 2.27. The number of anilines is 1. The van der Waals surface area contributed by atoms with Crippen molar-refractivity contribution in [1.82, 2.24) is 9.55 Å². The van der Waals surface area contributed by atoms with Crippen molar-refractivity contribution >= 4 is 5.82 Å². The van der Waals surface area contributed by atoms with Crippen LogP contribution < -0.4 is 15.2 Å². The maximum atomic E-state index is 5.63. The smallest absolute Gasteiger partial charge is 0.302 e. The summed E-state index contributed by atoms with van der Waals surface area (Å²) in [5.74, 6) is 1.14. The Hall–Kier alpha value is -2.17.